The molecule has 0 radical (unpaired) electrons. The van der Waals surface area contributed by atoms with Gasteiger partial charge in [-0.05, 0) is 43.5 Å². The average molecular weight is 368 g/mol. The molecular weight excluding hydrogens is 347 g/mol. The molecule has 0 aromatic heterocycles. The highest BCUT2D eigenvalue weighted by Crippen LogP contribution is 2.37. The molecule has 1 atom stereocenters. The molecule has 1 rings (SSSR count). The Kier molecular flexibility index (Phi) is 7.70. The van der Waals surface area contributed by atoms with Crippen molar-refractivity contribution in [2.75, 3.05) is 20.3 Å². The van der Waals surface area contributed by atoms with E-state index in [1.54, 1.807) is 19.2 Å². The van der Waals surface area contributed by atoms with Crippen molar-refractivity contribution in [2.45, 2.75) is 38.4 Å². The molecule has 0 amide bonds. The van der Waals surface area contributed by atoms with Gasteiger partial charge in [0, 0.05) is 24.2 Å². The van der Waals surface area contributed by atoms with Gasteiger partial charge in [-0.15, -0.1) is 0 Å². The molecule has 6 heteroatoms. The summed E-state index contributed by atoms with van der Waals surface area (Å²) in [5.74, 6) is 0. The second-order valence-electron chi connectivity index (χ2n) is 4.87. The molecule has 0 aliphatic carbocycles. The third-order valence-electron chi connectivity index (χ3n) is 3.18. The number of hydrogen-bond acceptors (Lipinski definition) is 2. The fraction of sp³-hybridized carbons (Fsp3) is 0.600. The van der Waals surface area contributed by atoms with Gasteiger partial charge in [0.25, 0.3) is 0 Å². The van der Waals surface area contributed by atoms with Gasteiger partial charge in [-0.25, -0.2) is 0 Å². The van der Waals surface area contributed by atoms with E-state index in [0.29, 0.717) is 36.0 Å². The lowest BCUT2D eigenvalue weighted by atomic mass is 9.96. The van der Waals surface area contributed by atoms with Crippen LogP contribution in [-0.2, 0) is 10.9 Å². The number of alkyl halides is 3. The Labute approximate surface area is 132 Å². The lowest BCUT2D eigenvalue weighted by Gasteiger charge is -2.23. The number of methoxy groups -OCH3 is 1. The fourth-order valence-corrected chi connectivity index (χ4v) is 2.56. The summed E-state index contributed by atoms with van der Waals surface area (Å²) in [5, 5.41) is 3.21. The highest BCUT2D eigenvalue weighted by atomic mass is 79.9. The molecule has 1 unspecified atom stereocenters. The molecule has 1 aromatic carbocycles. The van der Waals surface area contributed by atoms with Crippen molar-refractivity contribution in [1.29, 1.82) is 0 Å². The zero-order chi connectivity index (χ0) is 15.9. The molecule has 0 heterocycles. The Balaban J connectivity index is 3.04. The maximum Gasteiger partial charge on any atom is 0.416 e. The summed E-state index contributed by atoms with van der Waals surface area (Å²) in [6.07, 6.45) is -2.16. The van der Waals surface area contributed by atoms with Crippen LogP contribution < -0.4 is 5.32 Å². The molecular formula is C15H21BrF3NO. The number of halogens is 4. The van der Waals surface area contributed by atoms with Crippen LogP contribution in [0.25, 0.3) is 0 Å². The van der Waals surface area contributed by atoms with Crippen LogP contribution >= 0.6 is 15.9 Å². The van der Waals surface area contributed by atoms with Crippen LogP contribution in [-0.4, -0.2) is 20.3 Å². The quantitative estimate of drug-likeness (QED) is 0.657. The zero-order valence-electron chi connectivity index (χ0n) is 12.3. The Morgan fingerprint density at radius 3 is 2.62 bits per heavy atom. The fourth-order valence-electron chi connectivity index (χ4n) is 2.20. The Hall–Kier alpha value is -0.590. The van der Waals surface area contributed by atoms with Gasteiger partial charge < -0.3 is 10.1 Å². The van der Waals surface area contributed by atoms with Crippen LogP contribution in [0, 0.1) is 0 Å². The SMILES string of the molecule is CCCNC(CCCOC)c1ccc(Br)cc1C(F)(F)F. The molecule has 0 saturated heterocycles. The standard InChI is InChI=1S/C15H21BrF3NO/c1-3-8-20-14(5-4-9-21-2)12-7-6-11(16)10-13(12)15(17,18)19/h6-7,10,14,20H,3-5,8-9H2,1-2H3. The second-order valence-corrected chi connectivity index (χ2v) is 5.79. The van der Waals surface area contributed by atoms with E-state index in [1.165, 1.54) is 0 Å². The molecule has 2 nitrogen and oxygen atoms in total. The maximum atomic E-state index is 13.2. The smallest absolute Gasteiger partial charge is 0.385 e. The minimum Gasteiger partial charge on any atom is -0.385 e. The normalized spacial score (nSPS) is 13.4. The Bertz CT molecular complexity index is 437. The van der Waals surface area contributed by atoms with Crippen molar-refractivity contribution in [1.82, 2.24) is 5.32 Å². The largest absolute Gasteiger partial charge is 0.416 e. The first-order chi connectivity index (χ1) is 9.90. The van der Waals surface area contributed by atoms with Gasteiger partial charge >= 0.3 is 6.18 Å². The van der Waals surface area contributed by atoms with E-state index in [4.69, 9.17) is 4.74 Å². The van der Waals surface area contributed by atoms with Gasteiger partial charge in [-0.1, -0.05) is 28.9 Å². The van der Waals surface area contributed by atoms with Crippen molar-refractivity contribution < 1.29 is 17.9 Å². The summed E-state index contributed by atoms with van der Waals surface area (Å²) in [4.78, 5) is 0. The first-order valence-corrected chi connectivity index (χ1v) is 7.78. The maximum absolute atomic E-state index is 13.2. The average Bonchev–Trinajstić information content (AvgIpc) is 2.42. The van der Waals surface area contributed by atoms with Gasteiger partial charge in [0.05, 0.1) is 5.56 Å². The Morgan fingerprint density at radius 2 is 2.05 bits per heavy atom. The molecule has 0 spiro atoms. The molecule has 1 N–H and O–H groups in total. The van der Waals surface area contributed by atoms with Crippen LogP contribution in [0.1, 0.15) is 43.4 Å². The van der Waals surface area contributed by atoms with Gasteiger partial charge in [-0.2, -0.15) is 13.2 Å². The van der Waals surface area contributed by atoms with E-state index in [-0.39, 0.29) is 6.04 Å². The third-order valence-corrected chi connectivity index (χ3v) is 3.67. The summed E-state index contributed by atoms with van der Waals surface area (Å²) < 4.78 is 45.1. The highest BCUT2D eigenvalue weighted by molar-refractivity contribution is 9.10. The summed E-state index contributed by atoms with van der Waals surface area (Å²) >= 11 is 3.11. The van der Waals surface area contributed by atoms with Crippen molar-refractivity contribution >= 4 is 15.9 Å². The van der Waals surface area contributed by atoms with Gasteiger partial charge in [0.15, 0.2) is 0 Å². The van der Waals surface area contributed by atoms with E-state index < -0.39 is 11.7 Å². The van der Waals surface area contributed by atoms with Gasteiger partial charge in [0.1, 0.15) is 0 Å². The van der Waals surface area contributed by atoms with Crippen molar-refractivity contribution in [3.63, 3.8) is 0 Å². The van der Waals surface area contributed by atoms with Crippen molar-refractivity contribution in [2.24, 2.45) is 0 Å². The number of nitrogens with one attached hydrogen (secondary N) is 1. The molecule has 0 bridgehead atoms. The van der Waals surface area contributed by atoms with Gasteiger partial charge in [-0.3, -0.25) is 0 Å². The molecule has 0 aliphatic heterocycles. The number of benzene rings is 1. The summed E-state index contributed by atoms with van der Waals surface area (Å²) in [5.41, 5.74) is -0.279. The molecule has 0 aliphatic rings. The number of ether oxygens (including phenoxy) is 1. The minimum absolute atomic E-state index is 0.301. The van der Waals surface area contributed by atoms with Gasteiger partial charge in [0.2, 0.25) is 0 Å². The van der Waals surface area contributed by atoms with E-state index in [2.05, 4.69) is 21.2 Å². The molecule has 21 heavy (non-hydrogen) atoms. The van der Waals surface area contributed by atoms with Crippen molar-refractivity contribution in [3.05, 3.63) is 33.8 Å². The number of rotatable bonds is 8. The van der Waals surface area contributed by atoms with E-state index >= 15 is 0 Å². The predicted molar refractivity (Wildman–Crippen MR) is 81.3 cm³/mol. The second kappa shape index (κ2) is 8.76. The molecule has 1 aromatic rings. The lowest BCUT2D eigenvalue weighted by molar-refractivity contribution is -0.138. The Morgan fingerprint density at radius 1 is 1.33 bits per heavy atom. The van der Waals surface area contributed by atoms with Crippen LogP contribution in [0.4, 0.5) is 13.2 Å². The minimum atomic E-state index is -4.35. The van der Waals surface area contributed by atoms with E-state index in [1.807, 2.05) is 6.92 Å². The highest BCUT2D eigenvalue weighted by Gasteiger charge is 2.35. The predicted octanol–water partition coefficient (Wildman–Crippen LogP) is 4.94. The topological polar surface area (TPSA) is 21.3 Å². The van der Waals surface area contributed by atoms with E-state index in [9.17, 15) is 13.2 Å². The van der Waals surface area contributed by atoms with Crippen LogP contribution in [0.3, 0.4) is 0 Å². The molecule has 0 fully saturated rings. The van der Waals surface area contributed by atoms with Crippen LogP contribution in [0.5, 0.6) is 0 Å². The molecule has 120 valence electrons. The third kappa shape index (κ3) is 5.96. The number of hydrogen-bond donors (Lipinski definition) is 1. The summed E-state index contributed by atoms with van der Waals surface area (Å²) in [6, 6.07) is 4.03. The van der Waals surface area contributed by atoms with Crippen LogP contribution in [0.2, 0.25) is 0 Å². The van der Waals surface area contributed by atoms with Crippen LogP contribution in [0.15, 0.2) is 22.7 Å². The summed E-state index contributed by atoms with van der Waals surface area (Å²) in [7, 11) is 1.59. The zero-order valence-corrected chi connectivity index (χ0v) is 13.9. The monoisotopic (exact) mass is 367 g/mol. The lowest BCUT2D eigenvalue weighted by Crippen LogP contribution is -2.25. The first kappa shape index (κ1) is 18.5. The van der Waals surface area contributed by atoms with Crippen molar-refractivity contribution in [3.8, 4) is 0 Å². The molecule has 0 saturated carbocycles. The van der Waals surface area contributed by atoms with E-state index in [0.717, 1.165) is 12.5 Å². The first-order valence-electron chi connectivity index (χ1n) is 6.99. The summed E-state index contributed by atoms with van der Waals surface area (Å²) in [6.45, 7) is 3.22.